The van der Waals surface area contributed by atoms with E-state index in [2.05, 4.69) is 41.0 Å². The van der Waals surface area contributed by atoms with Gasteiger partial charge < -0.3 is 4.57 Å². The van der Waals surface area contributed by atoms with Gasteiger partial charge in [0.15, 0.2) is 0 Å². The van der Waals surface area contributed by atoms with E-state index in [0.29, 0.717) is 0 Å². The van der Waals surface area contributed by atoms with Crippen molar-refractivity contribution in [3.63, 3.8) is 0 Å². The summed E-state index contributed by atoms with van der Waals surface area (Å²) in [6.07, 6.45) is 17.6. The predicted molar refractivity (Wildman–Crippen MR) is 86.7 cm³/mol. The van der Waals surface area contributed by atoms with Gasteiger partial charge in [0.25, 0.3) is 0 Å². The van der Waals surface area contributed by atoms with Gasteiger partial charge in [-0.3, -0.25) is 4.98 Å². The van der Waals surface area contributed by atoms with Gasteiger partial charge in [-0.05, 0) is 30.7 Å². The number of aromatic nitrogens is 2. The lowest BCUT2D eigenvalue weighted by Crippen LogP contribution is -1.93. The third-order valence-corrected chi connectivity index (χ3v) is 3.25. The number of nitrogens with zero attached hydrogens (tertiary/aromatic N) is 2. The van der Waals surface area contributed by atoms with Crippen LogP contribution in [0.5, 0.6) is 0 Å². The summed E-state index contributed by atoms with van der Waals surface area (Å²) >= 11 is 0. The number of rotatable bonds is 8. The molecule has 0 unspecified atom stereocenters. The smallest absolute Gasteiger partial charge is 0.0267 e. The van der Waals surface area contributed by atoms with E-state index in [1.165, 1.54) is 51.5 Å². The molecule has 0 fully saturated rings. The van der Waals surface area contributed by atoms with E-state index in [-0.39, 0.29) is 0 Å². The summed E-state index contributed by atoms with van der Waals surface area (Å²) in [6.45, 7) is 3.47. The molecule has 110 valence electrons. The van der Waals surface area contributed by atoms with E-state index >= 15 is 0 Å². The van der Waals surface area contributed by atoms with Crippen molar-refractivity contribution in [3.05, 3.63) is 55.1 Å². The van der Waals surface area contributed by atoms with Crippen LogP contribution >= 0.6 is 0 Å². The van der Waals surface area contributed by atoms with Crippen molar-refractivity contribution >= 4 is 0 Å². The molecule has 2 aromatic rings. The summed E-state index contributed by atoms with van der Waals surface area (Å²) < 4.78 is 2.27. The Bertz CT molecular complexity index is 354. The van der Waals surface area contributed by atoms with Crippen LogP contribution in [0.4, 0.5) is 0 Å². The molecular weight excluding hydrogens is 244 g/mol. The minimum atomic E-state index is 1.20. The molecule has 0 atom stereocenters. The fourth-order valence-corrected chi connectivity index (χ4v) is 2.08. The van der Waals surface area contributed by atoms with E-state index in [1.807, 2.05) is 18.2 Å². The zero-order valence-electron chi connectivity index (χ0n) is 12.7. The minimum absolute atomic E-state index is 1.20. The predicted octanol–water partition coefficient (Wildman–Crippen LogP) is 5.32. The van der Waals surface area contributed by atoms with Crippen LogP contribution in [0.15, 0.2) is 55.1 Å². The molecule has 0 bridgehead atoms. The Hall–Kier alpha value is -1.57. The van der Waals surface area contributed by atoms with Gasteiger partial charge in [0.05, 0.1) is 0 Å². The number of unbranched alkanes of at least 4 members (excludes halogenated alkanes) is 6. The molecule has 0 aliphatic heterocycles. The maximum absolute atomic E-state index is 3.78. The van der Waals surface area contributed by atoms with Gasteiger partial charge in [-0.2, -0.15) is 0 Å². The zero-order valence-corrected chi connectivity index (χ0v) is 12.7. The van der Waals surface area contributed by atoms with Crippen LogP contribution in [0, 0.1) is 0 Å². The summed E-state index contributed by atoms with van der Waals surface area (Å²) in [6, 6.07) is 9.91. The van der Waals surface area contributed by atoms with Crippen molar-refractivity contribution in [2.24, 2.45) is 0 Å². The zero-order chi connectivity index (χ0) is 14.3. The molecule has 0 N–H and O–H groups in total. The summed E-state index contributed by atoms with van der Waals surface area (Å²) in [5.74, 6) is 0. The normalized spacial score (nSPS) is 9.85. The highest BCUT2D eigenvalue weighted by atomic mass is 14.9. The first-order valence-corrected chi connectivity index (χ1v) is 7.89. The molecule has 0 saturated carbocycles. The fraction of sp³-hybridized carbons (Fsp3) is 0.500. The number of hydrogen-bond acceptors (Lipinski definition) is 1. The molecule has 0 radical (unpaired) electrons. The molecule has 0 aliphatic carbocycles. The lowest BCUT2D eigenvalue weighted by Gasteiger charge is -2.02. The van der Waals surface area contributed by atoms with Gasteiger partial charge in [0.2, 0.25) is 0 Å². The Morgan fingerprint density at radius 2 is 1.30 bits per heavy atom. The third kappa shape index (κ3) is 9.37. The first kappa shape index (κ1) is 16.5. The van der Waals surface area contributed by atoms with E-state index in [0.717, 1.165) is 0 Å². The van der Waals surface area contributed by atoms with Gasteiger partial charge in [-0.25, -0.2) is 0 Å². The van der Waals surface area contributed by atoms with Crippen molar-refractivity contribution in [3.8, 4) is 0 Å². The monoisotopic (exact) mass is 272 g/mol. The van der Waals surface area contributed by atoms with Crippen LogP contribution in [0.1, 0.15) is 51.9 Å². The SMILES string of the molecule is CCCCCCCCCn1cccc1.c1ccncc1. The first-order chi connectivity index (χ1) is 9.93. The maximum Gasteiger partial charge on any atom is 0.0267 e. The van der Waals surface area contributed by atoms with Gasteiger partial charge >= 0.3 is 0 Å². The highest BCUT2D eigenvalue weighted by Crippen LogP contribution is 2.07. The third-order valence-electron chi connectivity index (χ3n) is 3.25. The second kappa shape index (κ2) is 12.5. The molecule has 0 saturated heterocycles. The lowest BCUT2D eigenvalue weighted by atomic mass is 10.1. The van der Waals surface area contributed by atoms with Gasteiger partial charge in [0.1, 0.15) is 0 Å². The quantitative estimate of drug-likeness (QED) is 0.595. The van der Waals surface area contributed by atoms with Crippen LogP contribution < -0.4 is 0 Å². The van der Waals surface area contributed by atoms with Crippen molar-refractivity contribution in [1.82, 2.24) is 9.55 Å². The number of aryl methyl sites for hydroxylation is 1. The van der Waals surface area contributed by atoms with Crippen molar-refractivity contribution in [2.45, 2.75) is 58.4 Å². The first-order valence-electron chi connectivity index (χ1n) is 7.89. The van der Waals surface area contributed by atoms with Crippen LogP contribution in [-0.2, 0) is 6.54 Å². The van der Waals surface area contributed by atoms with Crippen LogP contribution in [0.3, 0.4) is 0 Å². The molecule has 0 amide bonds. The topological polar surface area (TPSA) is 17.8 Å². The van der Waals surface area contributed by atoms with Gasteiger partial charge in [0, 0.05) is 31.3 Å². The largest absolute Gasteiger partial charge is 0.354 e. The molecule has 20 heavy (non-hydrogen) atoms. The van der Waals surface area contributed by atoms with E-state index < -0.39 is 0 Å². The minimum Gasteiger partial charge on any atom is -0.354 e. The van der Waals surface area contributed by atoms with Gasteiger partial charge in [-0.15, -0.1) is 0 Å². The Morgan fingerprint density at radius 1 is 0.700 bits per heavy atom. The Labute approximate surface area is 123 Å². The molecule has 0 aliphatic rings. The van der Waals surface area contributed by atoms with E-state index in [1.54, 1.807) is 12.4 Å². The van der Waals surface area contributed by atoms with Crippen molar-refractivity contribution in [1.29, 1.82) is 0 Å². The lowest BCUT2D eigenvalue weighted by molar-refractivity contribution is 0.551. The molecule has 0 spiro atoms. The van der Waals surface area contributed by atoms with Crippen molar-refractivity contribution < 1.29 is 0 Å². The molecule has 2 heteroatoms. The Morgan fingerprint density at radius 3 is 1.80 bits per heavy atom. The number of pyridine rings is 1. The summed E-state index contributed by atoms with van der Waals surface area (Å²) in [4.78, 5) is 3.78. The Kier molecular flexibility index (Phi) is 10.3. The summed E-state index contributed by atoms with van der Waals surface area (Å²) in [5, 5.41) is 0. The van der Waals surface area contributed by atoms with Crippen molar-refractivity contribution in [2.75, 3.05) is 0 Å². The molecular formula is C18H28N2. The average molecular weight is 272 g/mol. The molecule has 2 nitrogen and oxygen atoms in total. The molecule has 0 aromatic carbocycles. The average Bonchev–Trinajstić information content (AvgIpc) is 3.02. The molecule has 2 rings (SSSR count). The molecule has 2 heterocycles. The standard InChI is InChI=1S/C13H23N.C5H5N/c1-2-3-4-5-6-7-8-11-14-12-9-10-13-14;1-2-4-6-5-3-1/h9-10,12-13H,2-8,11H2,1H3;1-5H. The maximum atomic E-state index is 3.78. The summed E-state index contributed by atoms with van der Waals surface area (Å²) in [5.41, 5.74) is 0. The second-order valence-electron chi connectivity index (χ2n) is 5.07. The number of hydrogen-bond donors (Lipinski definition) is 0. The highest BCUT2D eigenvalue weighted by molar-refractivity contribution is 4.90. The fourth-order valence-electron chi connectivity index (χ4n) is 2.08. The van der Waals surface area contributed by atoms with Crippen LogP contribution in [0.2, 0.25) is 0 Å². The highest BCUT2D eigenvalue weighted by Gasteiger charge is 1.91. The Balaban J connectivity index is 0.000000276. The molecule has 2 aromatic heterocycles. The van der Waals surface area contributed by atoms with E-state index in [9.17, 15) is 0 Å². The van der Waals surface area contributed by atoms with Crippen LogP contribution in [0.25, 0.3) is 0 Å². The van der Waals surface area contributed by atoms with E-state index in [4.69, 9.17) is 0 Å². The van der Waals surface area contributed by atoms with Gasteiger partial charge in [-0.1, -0.05) is 51.5 Å². The second-order valence-corrected chi connectivity index (χ2v) is 5.07. The summed E-state index contributed by atoms with van der Waals surface area (Å²) in [7, 11) is 0. The van der Waals surface area contributed by atoms with Crippen LogP contribution in [-0.4, -0.2) is 9.55 Å².